The van der Waals surface area contributed by atoms with Crippen LogP contribution in [0.1, 0.15) is 75.9 Å². The molecule has 2 aliphatic rings. The number of carbonyl (C=O) groups is 2. The summed E-state index contributed by atoms with van der Waals surface area (Å²) >= 11 is 2.03. The number of rotatable bonds is 9. The second kappa shape index (κ2) is 13.1. The normalized spacial score (nSPS) is 17.2. The molecule has 1 saturated carbocycles. The van der Waals surface area contributed by atoms with E-state index in [1.807, 2.05) is 25.6 Å². The van der Waals surface area contributed by atoms with Crippen molar-refractivity contribution < 1.29 is 13.8 Å². The smallest absolute Gasteiger partial charge is 0.273 e. The van der Waals surface area contributed by atoms with Crippen LogP contribution in [0, 0.1) is 13.8 Å². The van der Waals surface area contributed by atoms with Crippen molar-refractivity contribution in [1.82, 2.24) is 10.7 Å². The van der Waals surface area contributed by atoms with Crippen LogP contribution in [0.25, 0.3) is 0 Å². The standard InChI is InChI=1S/C32H37N3O3S2/c1-22-13-14-23(2)25(19-22)21-34-35-28-20-24(31(36)33-17-8-18-39-26-9-4-3-5-10-26)15-16-30(28)40(38)29-12-7-6-11-27(29)32(35)37/h6-7,11-16,19-20,26,34H,3-5,8-10,17-18,21H2,1-2H3,(H,33,36). The largest absolute Gasteiger partial charge is 0.352 e. The van der Waals surface area contributed by atoms with E-state index in [4.69, 9.17) is 0 Å². The number of nitrogens with one attached hydrogen (secondary N) is 2. The van der Waals surface area contributed by atoms with Crippen LogP contribution in [-0.4, -0.2) is 33.6 Å². The number of fused-ring (bicyclic) bond motifs is 2. The summed E-state index contributed by atoms with van der Waals surface area (Å²) in [6.07, 6.45) is 7.56. The number of benzene rings is 3. The van der Waals surface area contributed by atoms with Gasteiger partial charge < -0.3 is 5.32 Å². The second-order valence-corrected chi connectivity index (χ2v) is 13.4. The van der Waals surface area contributed by atoms with Gasteiger partial charge in [-0.25, -0.2) is 14.6 Å². The fourth-order valence-corrected chi connectivity index (χ4v) is 7.95. The zero-order chi connectivity index (χ0) is 28.1. The first-order valence-corrected chi connectivity index (χ1v) is 16.3. The maximum Gasteiger partial charge on any atom is 0.273 e. The van der Waals surface area contributed by atoms with Gasteiger partial charge in [0, 0.05) is 23.9 Å². The fourth-order valence-electron chi connectivity index (χ4n) is 5.31. The van der Waals surface area contributed by atoms with Crippen molar-refractivity contribution in [2.75, 3.05) is 17.3 Å². The van der Waals surface area contributed by atoms with E-state index < -0.39 is 10.8 Å². The second-order valence-electron chi connectivity index (χ2n) is 10.6. The van der Waals surface area contributed by atoms with Crippen molar-refractivity contribution in [3.63, 3.8) is 0 Å². The molecule has 0 aromatic heterocycles. The van der Waals surface area contributed by atoms with Gasteiger partial charge in [-0.3, -0.25) is 9.59 Å². The Balaban J connectivity index is 1.35. The minimum absolute atomic E-state index is 0.195. The lowest BCUT2D eigenvalue weighted by Crippen LogP contribution is -2.43. The number of hydrazine groups is 1. The third-order valence-corrected chi connectivity index (χ3v) is 10.6. The van der Waals surface area contributed by atoms with Crippen LogP contribution in [0.15, 0.2) is 70.5 Å². The number of amides is 2. The first kappa shape index (κ1) is 28.6. The van der Waals surface area contributed by atoms with Crippen molar-refractivity contribution in [1.29, 1.82) is 0 Å². The first-order chi connectivity index (χ1) is 19.4. The van der Waals surface area contributed by atoms with Crippen molar-refractivity contribution in [3.05, 3.63) is 88.5 Å². The predicted molar refractivity (Wildman–Crippen MR) is 163 cm³/mol. The zero-order valence-electron chi connectivity index (χ0n) is 23.2. The van der Waals surface area contributed by atoms with Gasteiger partial charge in [-0.1, -0.05) is 55.2 Å². The summed E-state index contributed by atoms with van der Waals surface area (Å²) < 4.78 is 13.6. The summed E-state index contributed by atoms with van der Waals surface area (Å²) in [4.78, 5) is 27.9. The Bertz CT molecular complexity index is 1420. The molecule has 0 spiro atoms. The summed E-state index contributed by atoms with van der Waals surface area (Å²) in [5, 5.41) is 5.25. The van der Waals surface area contributed by atoms with E-state index in [2.05, 4.69) is 28.9 Å². The molecular weight excluding hydrogens is 539 g/mol. The predicted octanol–water partition coefficient (Wildman–Crippen LogP) is 6.32. The quantitative estimate of drug-likeness (QED) is 0.292. The third-order valence-electron chi connectivity index (χ3n) is 7.63. The molecule has 6 nitrogen and oxygen atoms in total. The van der Waals surface area contributed by atoms with Gasteiger partial charge in [0.05, 0.1) is 31.8 Å². The Labute approximate surface area is 243 Å². The SMILES string of the molecule is Cc1ccc(C)c(CNN2C(=O)c3ccccc3S(=O)c3ccc(C(=O)NCCCSC4CCCCC4)cc32)c1. The van der Waals surface area contributed by atoms with Crippen LogP contribution in [0.2, 0.25) is 0 Å². The van der Waals surface area contributed by atoms with Crippen LogP contribution in [0.3, 0.4) is 0 Å². The molecular formula is C32H37N3O3S2. The molecule has 5 rings (SSSR count). The van der Waals surface area contributed by atoms with Gasteiger partial charge in [-0.2, -0.15) is 11.8 Å². The Morgan fingerprint density at radius 2 is 1.80 bits per heavy atom. The first-order valence-electron chi connectivity index (χ1n) is 14.1. The monoisotopic (exact) mass is 575 g/mol. The molecule has 8 heteroatoms. The number of aryl methyl sites for hydroxylation is 2. The topological polar surface area (TPSA) is 78.5 Å². The van der Waals surface area contributed by atoms with Gasteiger partial charge in [0.25, 0.3) is 11.8 Å². The summed E-state index contributed by atoms with van der Waals surface area (Å²) in [5.74, 6) is 0.543. The minimum atomic E-state index is -1.57. The van der Waals surface area contributed by atoms with E-state index >= 15 is 0 Å². The molecule has 3 aromatic rings. The highest BCUT2D eigenvalue weighted by molar-refractivity contribution is 7.99. The molecule has 1 atom stereocenters. The average molecular weight is 576 g/mol. The molecule has 0 radical (unpaired) electrons. The van der Waals surface area contributed by atoms with E-state index in [1.165, 1.54) is 37.1 Å². The lowest BCUT2D eigenvalue weighted by molar-refractivity contribution is 0.0948. The number of anilines is 1. The highest BCUT2D eigenvalue weighted by Gasteiger charge is 2.31. The van der Waals surface area contributed by atoms with Gasteiger partial charge >= 0.3 is 0 Å². The summed E-state index contributed by atoms with van der Waals surface area (Å²) in [6, 6.07) is 18.3. The number of hydrogen-bond acceptors (Lipinski definition) is 5. The van der Waals surface area contributed by atoms with Crippen molar-refractivity contribution in [2.45, 2.75) is 74.0 Å². The van der Waals surface area contributed by atoms with Crippen LogP contribution in [0.5, 0.6) is 0 Å². The molecule has 0 bridgehead atoms. The number of nitrogens with zero attached hydrogens (tertiary/aromatic N) is 1. The van der Waals surface area contributed by atoms with Gasteiger partial charge in [-0.05, 0) is 80.3 Å². The Morgan fingerprint density at radius 1 is 1.00 bits per heavy atom. The van der Waals surface area contributed by atoms with Crippen molar-refractivity contribution in [2.24, 2.45) is 0 Å². The van der Waals surface area contributed by atoms with Gasteiger partial charge in [-0.15, -0.1) is 0 Å². The van der Waals surface area contributed by atoms with Crippen LogP contribution in [0.4, 0.5) is 5.69 Å². The fraction of sp³-hybridized carbons (Fsp3) is 0.375. The highest BCUT2D eigenvalue weighted by Crippen LogP contribution is 2.34. The third kappa shape index (κ3) is 6.51. The maximum absolute atomic E-state index is 13.8. The molecule has 2 amide bonds. The Hall–Kier alpha value is -2.94. The average Bonchev–Trinajstić information content (AvgIpc) is 3.06. The molecule has 2 N–H and O–H groups in total. The number of carbonyl (C=O) groups excluding carboxylic acids is 2. The van der Waals surface area contributed by atoms with Crippen LogP contribution < -0.4 is 15.8 Å². The minimum Gasteiger partial charge on any atom is -0.352 e. The van der Waals surface area contributed by atoms with E-state index in [1.54, 1.807) is 42.5 Å². The van der Waals surface area contributed by atoms with Crippen molar-refractivity contribution >= 4 is 40.1 Å². The lowest BCUT2D eigenvalue weighted by Gasteiger charge is -2.25. The van der Waals surface area contributed by atoms with Crippen LogP contribution in [-0.2, 0) is 17.3 Å². The summed E-state index contributed by atoms with van der Waals surface area (Å²) in [5.41, 5.74) is 7.85. The molecule has 0 saturated heterocycles. The molecule has 1 heterocycles. The van der Waals surface area contributed by atoms with E-state index in [0.717, 1.165) is 34.1 Å². The lowest BCUT2D eigenvalue weighted by atomic mass is 10.0. The summed E-state index contributed by atoms with van der Waals surface area (Å²) in [6.45, 7) is 5.08. The number of hydrogen-bond donors (Lipinski definition) is 2. The molecule has 210 valence electrons. The van der Waals surface area contributed by atoms with E-state index in [0.29, 0.717) is 39.7 Å². The Morgan fingerprint density at radius 3 is 2.62 bits per heavy atom. The van der Waals surface area contributed by atoms with E-state index in [9.17, 15) is 13.8 Å². The summed E-state index contributed by atoms with van der Waals surface area (Å²) in [7, 11) is -1.57. The number of thioether (sulfide) groups is 1. The van der Waals surface area contributed by atoms with E-state index in [-0.39, 0.29) is 11.8 Å². The molecule has 3 aromatic carbocycles. The Kier molecular flexibility index (Phi) is 9.40. The molecule has 1 aliphatic heterocycles. The van der Waals surface area contributed by atoms with Crippen LogP contribution >= 0.6 is 11.8 Å². The molecule has 1 unspecified atom stereocenters. The van der Waals surface area contributed by atoms with Gasteiger partial charge in [0.15, 0.2) is 0 Å². The molecule has 1 fully saturated rings. The zero-order valence-corrected chi connectivity index (χ0v) is 24.8. The molecule has 40 heavy (non-hydrogen) atoms. The van der Waals surface area contributed by atoms with Gasteiger partial charge in [0.2, 0.25) is 0 Å². The van der Waals surface area contributed by atoms with Crippen molar-refractivity contribution in [3.8, 4) is 0 Å². The highest BCUT2D eigenvalue weighted by atomic mass is 32.2. The van der Waals surface area contributed by atoms with Gasteiger partial charge in [0.1, 0.15) is 0 Å². The maximum atomic E-state index is 13.8. The molecule has 1 aliphatic carbocycles.